The second kappa shape index (κ2) is 6.39. The van der Waals surface area contributed by atoms with E-state index in [9.17, 15) is 8.42 Å². The number of rotatable bonds is 4. The maximum Gasteiger partial charge on any atom is 0.243 e. The Morgan fingerprint density at radius 3 is 2.86 bits per heavy atom. The monoisotopic (exact) mass is 328 g/mol. The number of thiocarbonyl (C=S) groups is 1. The van der Waals surface area contributed by atoms with Crippen molar-refractivity contribution >= 4 is 27.2 Å². The highest BCUT2D eigenvalue weighted by molar-refractivity contribution is 7.89. The van der Waals surface area contributed by atoms with Gasteiger partial charge in [0.25, 0.3) is 0 Å². The fourth-order valence-corrected chi connectivity index (χ4v) is 4.31. The highest BCUT2D eigenvalue weighted by Gasteiger charge is 2.35. The van der Waals surface area contributed by atoms with E-state index in [1.54, 1.807) is 18.2 Å². The van der Waals surface area contributed by atoms with Crippen molar-refractivity contribution in [3.05, 3.63) is 29.8 Å². The van der Waals surface area contributed by atoms with Crippen molar-refractivity contribution in [3.8, 4) is 0 Å². The van der Waals surface area contributed by atoms with Crippen molar-refractivity contribution in [2.24, 2.45) is 5.73 Å². The van der Waals surface area contributed by atoms with Gasteiger partial charge in [-0.15, -0.1) is 0 Å². The molecular formula is C14H20N2O3S2. The van der Waals surface area contributed by atoms with Crippen LogP contribution in [0.2, 0.25) is 0 Å². The first-order valence-electron chi connectivity index (χ1n) is 6.89. The third-order valence-corrected chi connectivity index (χ3v) is 5.76. The van der Waals surface area contributed by atoms with Gasteiger partial charge in [-0.05, 0) is 25.5 Å². The summed E-state index contributed by atoms with van der Waals surface area (Å²) in [5.41, 5.74) is 6.14. The van der Waals surface area contributed by atoms with Crippen LogP contribution in [0.4, 0.5) is 0 Å². The molecule has 1 aromatic carbocycles. The zero-order valence-electron chi connectivity index (χ0n) is 12.2. The summed E-state index contributed by atoms with van der Waals surface area (Å²) in [6, 6.07) is 6.33. The Kier molecular flexibility index (Phi) is 4.98. The van der Waals surface area contributed by atoms with Crippen molar-refractivity contribution in [1.29, 1.82) is 0 Å². The summed E-state index contributed by atoms with van der Waals surface area (Å²) in [6.07, 6.45) is 0.599. The molecular weight excluding hydrogens is 308 g/mol. The summed E-state index contributed by atoms with van der Waals surface area (Å²) in [5.74, 6) is 0. The Bertz CT molecular complexity index is 631. The molecule has 1 fully saturated rings. The smallest absolute Gasteiger partial charge is 0.243 e. The summed E-state index contributed by atoms with van der Waals surface area (Å²) < 4.78 is 32.8. The average Bonchev–Trinajstić information content (AvgIpc) is 2.47. The molecule has 116 valence electrons. The van der Waals surface area contributed by atoms with Crippen molar-refractivity contribution in [2.45, 2.75) is 37.3 Å². The van der Waals surface area contributed by atoms with E-state index in [0.29, 0.717) is 25.1 Å². The Labute approximate surface area is 131 Å². The van der Waals surface area contributed by atoms with E-state index in [0.717, 1.165) is 0 Å². The molecule has 2 unspecified atom stereocenters. The predicted octanol–water partition coefficient (Wildman–Crippen LogP) is 1.51. The van der Waals surface area contributed by atoms with Gasteiger partial charge in [0.05, 0.1) is 17.6 Å². The summed E-state index contributed by atoms with van der Waals surface area (Å²) >= 11 is 4.92. The SMILES string of the molecule is CCC1COC(C)CN1S(=O)(=O)c1cccc(C(N)=S)c1. The molecule has 5 nitrogen and oxygen atoms in total. The lowest BCUT2D eigenvalue weighted by atomic mass is 10.2. The van der Waals surface area contributed by atoms with Crippen LogP contribution in [-0.2, 0) is 14.8 Å². The third-order valence-electron chi connectivity index (χ3n) is 3.61. The number of hydrogen-bond donors (Lipinski definition) is 1. The molecule has 2 N–H and O–H groups in total. The molecule has 7 heteroatoms. The minimum absolute atomic E-state index is 0.110. The standard InChI is InChI=1S/C14H20N2O3S2/c1-3-12-9-19-10(2)8-16(12)21(17,18)13-6-4-5-11(7-13)14(15)20/h4-7,10,12H,3,8-9H2,1-2H3,(H2,15,20). The van der Waals surface area contributed by atoms with Crippen LogP contribution in [0.1, 0.15) is 25.8 Å². The van der Waals surface area contributed by atoms with E-state index in [4.69, 9.17) is 22.7 Å². The maximum atomic E-state index is 12.9. The topological polar surface area (TPSA) is 72.6 Å². The molecule has 1 aliphatic rings. The highest BCUT2D eigenvalue weighted by Crippen LogP contribution is 2.24. The van der Waals surface area contributed by atoms with Crippen LogP contribution in [0.3, 0.4) is 0 Å². The molecule has 2 rings (SSSR count). The summed E-state index contributed by atoms with van der Waals surface area (Å²) in [6.45, 7) is 4.61. The quantitative estimate of drug-likeness (QED) is 0.848. The Hall–Kier alpha value is -1.02. The third kappa shape index (κ3) is 3.42. The molecule has 1 aromatic rings. The van der Waals surface area contributed by atoms with E-state index >= 15 is 0 Å². The van der Waals surface area contributed by atoms with Crippen LogP contribution < -0.4 is 5.73 Å². The lowest BCUT2D eigenvalue weighted by Gasteiger charge is -2.37. The van der Waals surface area contributed by atoms with E-state index in [-0.39, 0.29) is 22.0 Å². The van der Waals surface area contributed by atoms with Crippen molar-refractivity contribution in [1.82, 2.24) is 4.31 Å². The van der Waals surface area contributed by atoms with Crippen LogP contribution in [-0.4, -0.2) is 43.0 Å². The van der Waals surface area contributed by atoms with Gasteiger partial charge in [0.15, 0.2) is 0 Å². The molecule has 2 atom stereocenters. The number of hydrogen-bond acceptors (Lipinski definition) is 4. The van der Waals surface area contributed by atoms with Gasteiger partial charge < -0.3 is 10.5 Å². The molecule has 0 amide bonds. The van der Waals surface area contributed by atoms with Gasteiger partial charge in [-0.2, -0.15) is 4.31 Å². The van der Waals surface area contributed by atoms with Crippen LogP contribution in [0, 0.1) is 0 Å². The molecule has 0 aliphatic carbocycles. The molecule has 0 aromatic heterocycles. The van der Waals surface area contributed by atoms with Gasteiger partial charge in [0.1, 0.15) is 4.99 Å². The van der Waals surface area contributed by atoms with Gasteiger partial charge >= 0.3 is 0 Å². The van der Waals surface area contributed by atoms with E-state index in [2.05, 4.69) is 0 Å². The second-order valence-corrected chi connectivity index (χ2v) is 7.50. The van der Waals surface area contributed by atoms with Gasteiger partial charge in [0, 0.05) is 18.2 Å². The van der Waals surface area contributed by atoms with E-state index in [1.165, 1.54) is 10.4 Å². The molecule has 0 bridgehead atoms. The number of sulfonamides is 1. The lowest BCUT2D eigenvalue weighted by molar-refractivity contribution is -0.0230. The maximum absolute atomic E-state index is 12.9. The predicted molar refractivity (Wildman–Crippen MR) is 85.7 cm³/mol. The lowest BCUT2D eigenvalue weighted by Crippen LogP contribution is -2.51. The zero-order valence-corrected chi connectivity index (χ0v) is 13.8. The first kappa shape index (κ1) is 16.4. The summed E-state index contributed by atoms with van der Waals surface area (Å²) in [5, 5.41) is 0. The van der Waals surface area contributed by atoms with E-state index in [1.807, 2.05) is 13.8 Å². The van der Waals surface area contributed by atoms with Crippen molar-refractivity contribution in [2.75, 3.05) is 13.2 Å². The van der Waals surface area contributed by atoms with Crippen LogP contribution >= 0.6 is 12.2 Å². The molecule has 1 heterocycles. The number of nitrogens with two attached hydrogens (primary N) is 1. The van der Waals surface area contributed by atoms with Crippen molar-refractivity contribution < 1.29 is 13.2 Å². The van der Waals surface area contributed by atoms with Gasteiger partial charge in [0.2, 0.25) is 10.0 Å². The molecule has 0 radical (unpaired) electrons. The zero-order chi connectivity index (χ0) is 15.6. The Balaban J connectivity index is 2.40. The largest absolute Gasteiger partial charge is 0.389 e. The van der Waals surface area contributed by atoms with Crippen LogP contribution in [0.15, 0.2) is 29.2 Å². The summed E-state index contributed by atoms with van der Waals surface area (Å²) in [7, 11) is -3.57. The van der Waals surface area contributed by atoms with E-state index < -0.39 is 10.0 Å². The first-order chi connectivity index (χ1) is 9.86. The number of ether oxygens (including phenoxy) is 1. The normalized spacial score (nSPS) is 23.9. The number of benzene rings is 1. The molecule has 1 saturated heterocycles. The molecule has 0 saturated carbocycles. The highest BCUT2D eigenvalue weighted by atomic mass is 32.2. The molecule has 0 spiro atoms. The molecule has 21 heavy (non-hydrogen) atoms. The fraction of sp³-hybridized carbons (Fsp3) is 0.500. The summed E-state index contributed by atoms with van der Waals surface area (Å²) in [4.78, 5) is 0.412. The van der Waals surface area contributed by atoms with Gasteiger partial charge in [-0.3, -0.25) is 0 Å². The fourth-order valence-electron chi connectivity index (χ4n) is 2.37. The first-order valence-corrected chi connectivity index (χ1v) is 8.74. The van der Waals surface area contributed by atoms with Gasteiger partial charge in [-0.25, -0.2) is 8.42 Å². The second-order valence-electron chi connectivity index (χ2n) is 5.17. The number of morpholine rings is 1. The van der Waals surface area contributed by atoms with Gasteiger partial charge in [-0.1, -0.05) is 31.3 Å². The van der Waals surface area contributed by atoms with Crippen LogP contribution in [0.25, 0.3) is 0 Å². The minimum Gasteiger partial charge on any atom is -0.389 e. The number of nitrogens with zero attached hydrogens (tertiary/aromatic N) is 1. The average molecular weight is 328 g/mol. The molecule has 1 aliphatic heterocycles. The Morgan fingerprint density at radius 2 is 2.24 bits per heavy atom. The Morgan fingerprint density at radius 1 is 1.52 bits per heavy atom. The van der Waals surface area contributed by atoms with Crippen molar-refractivity contribution in [3.63, 3.8) is 0 Å². The van der Waals surface area contributed by atoms with Crippen LogP contribution in [0.5, 0.6) is 0 Å². The minimum atomic E-state index is -3.57.